The van der Waals surface area contributed by atoms with Crippen LogP contribution in [0.4, 0.5) is 13.2 Å². The van der Waals surface area contributed by atoms with Crippen LogP contribution in [0.25, 0.3) is 0 Å². The lowest BCUT2D eigenvalue weighted by Gasteiger charge is -2.02. The number of H-pyrrole nitrogens is 1. The van der Waals surface area contributed by atoms with Gasteiger partial charge in [-0.1, -0.05) is 0 Å². The van der Waals surface area contributed by atoms with Gasteiger partial charge in [0, 0.05) is 0 Å². The number of halogens is 3. The Bertz CT molecular complexity index is 263. The second-order valence-electron chi connectivity index (χ2n) is 2.47. The van der Waals surface area contributed by atoms with E-state index in [2.05, 4.69) is 9.97 Å². The highest BCUT2D eigenvalue weighted by atomic mass is 19.4. The third kappa shape index (κ3) is 1.76. The molecule has 0 radical (unpaired) electrons. The molecular weight excluding hydrogens is 171 g/mol. The Kier molecular flexibility index (Phi) is 2.10. The van der Waals surface area contributed by atoms with Crippen molar-refractivity contribution in [2.24, 2.45) is 5.73 Å². The Balaban J connectivity index is 2.92. The number of hydrogen-bond donors (Lipinski definition) is 2. The highest BCUT2D eigenvalue weighted by Crippen LogP contribution is 2.27. The van der Waals surface area contributed by atoms with Gasteiger partial charge in [-0.3, -0.25) is 0 Å². The molecule has 3 nitrogen and oxygen atoms in total. The van der Waals surface area contributed by atoms with Gasteiger partial charge >= 0.3 is 6.18 Å². The number of alkyl halides is 3. The predicted octanol–water partition coefficient (Wildman–Crippen LogP) is 1.45. The highest BCUT2D eigenvalue weighted by Gasteiger charge is 2.33. The van der Waals surface area contributed by atoms with Crippen molar-refractivity contribution >= 4 is 0 Å². The fraction of sp³-hybridized carbons (Fsp3) is 0.500. The van der Waals surface area contributed by atoms with Crippen LogP contribution >= 0.6 is 0 Å². The van der Waals surface area contributed by atoms with E-state index >= 15 is 0 Å². The van der Waals surface area contributed by atoms with Crippen LogP contribution in [0, 0.1) is 0 Å². The van der Waals surface area contributed by atoms with Crippen LogP contribution in [0.15, 0.2) is 6.20 Å². The number of nitrogens with zero attached hydrogens (tertiary/aromatic N) is 1. The van der Waals surface area contributed by atoms with E-state index < -0.39 is 17.9 Å². The average Bonchev–Trinajstić information content (AvgIpc) is 2.30. The molecule has 3 N–H and O–H groups in total. The molecule has 0 aliphatic heterocycles. The van der Waals surface area contributed by atoms with Crippen molar-refractivity contribution in [2.75, 3.05) is 0 Å². The van der Waals surface area contributed by atoms with Crippen LogP contribution in [0.1, 0.15) is 24.5 Å². The van der Waals surface area contributed by atoms with Crippen LogP contribution in [0.2, 0.25) is 0 Å². The molecule has 1 heterocycles. The van der Waals surface area contributed by atoms with Gasteiger partial charge in [0.1, 0.15) is 11.5 Å². The summed E-state index contributed by atoms with van der Waals surface area (Å²) in [5, 5.41) is 0. The SMILES string of the molecule is C[C@@H](N)c1ncc(C(F)(F)F)[nH]1. The molecule has 0 amide bonds. The molecule has 0 aliphatic carbocycles. The lowest BCUT2D eigenvalue weighted by atomic mass is 10.3. The van der Waals surface area contributed by atoms with Gasteiger partial charge in [-0.25, -0.2) is 4.98 Å². The minimum absolute atomic E-state index is 0.141. The molecule has 0 bridgehead atoms. The minimum Gasteiger partial charge on any atom is -0.337 e. The van der Waals surface area contributed by atoms with Gasteiger partial charge in [0.15, 0.2) is 0 Å². The van der Waals surface area contributed by atoms with Gasteiger partial charge in [-0.05, 0) is 6.92 Å². The third-order valence-electron chi connectivity index (χ3n) is 1.33. The minimum atomic E-state index is -4.37. The molecule has 1 aromatic heterocycles. The van der Waals surface area contributed by atoms with E-state index in [0.29, 0.717) is 0 Å². The molecule has 0 aliphatic rings. The van der Waals surface area contributed by atoms with Gasteiger partial charge in [0.05, 0.1) is 12.2 Å². The number of imidazole rings is 1. The maximum Gasteiger partial charge on any atom is 0.432 e. The van der Waals surface area contributed by atoms with Crippen molar-refractivity contribution < 1.29 is 13.2 Å². The molecule has 68 valence electrons. The van der Waals surface area contributed by atoms with Crippen molar-refractivity contribution in [1.29, 1.82) is 0 Å². The molecule has 0 aromatic carbocycles. The summed E-state index contributed by atoms with van der Waals surface area (Å²) in [6.07, 6.45) is -3.64. The quantitative estimate of drug-likeness (QED) is 0.685. The number of hydrogen-bond acceptors (Lipinski definition) is 2. The number of aromatic nitrogens is 2. The van der Waals surface area contributed by atoms with Crippen molar-refractivity contribution in [2.45, 2.75) is 19.1 Å². The fourth-order valence-corrected chi connectivity index (χ4v) is 0.712. The van der Waals surface area contributed by atoms with Crippen LogP contribution in [0.5, 0.6) is 0 Å². The standard InChI is InChI=1S/C6H8F3N3/c1-3(10)5-11-2-4(12-5)6(7,8)9/h2-3H,10H2,1H3,(H,11,12)/t3-/m1/s1. The molecule has 12 heavy (non-hydrogen) atoms. The molecule has 1 atom stereocenters. The first-order valence-electron chi connectivity index (χ1n) is 3.29. The van der Waals surface area contributed by atoms with Gasteiger partial charge in [-0.2, -0.15) is 13.2 Å². The monoisotopic (exact) mass is 179 g/mol. The Morgan fingerprint density at radius 2 is 2.17 bits per heavy atom. The molecule has 0 saturated carbocycles. The van der Waals surface area contributed by atoms with E-state index in [4.69, 9.17) is 5.73 Å². The van der Waals surface area contributed by atoms with Crippen LogP contribution in [-0.2, 0) is 6.18 Å². The summed E-state index contributed by atoms with van der Waals surface area (Å²) in [4.78, 5) is 5.57. The van der Waals surface area contributed by atoms with Crippen molar-refractivity contribution in [3.05, 3.63) is 17.7 Å². The molecule has 0 fully saturated rings. The molecule has 6 heteroatoms. The molecule has 1 rings (SSSR count). The summed E-state index contributed by atoms with van der Waals surface area (Å²) >= 11 is 0. The zero-order valence-corrected chi connectivity index (χ0v) is 6.31. The van der Waals surface area contributed by atoms with E-state index in [0.717, 1.165) is 6.20 Å². The summed E-state index contributed by atoms with van der Waals surface area (Å²) in [7, 11) is 0. The maximum atomic E-state index is 12.0. The number of nitrogens with two attached hydrogens (primary N) is 1. The van der Waals surface area contributed by atoms with Crippen LogP contribution in [0.3, 0.4) is 0 Å². The van der Waals surface area contributed by atoms with Crippen molar-refractivity contribution in [1.82, 2.24) is 9.97 Å². The molecule has 0 unspecified atom stereocenters. The second kappa shape index (κ2) is 2.78. The zero-order chi connectivity index (χ0) is 9.35. The van der Waals surface area contributed by atoms with Crippen molar-refractivity contribution in [3.63, 3.8) is 0 Å². The van der Waals surface area contributed by atoms with Gasteiger partial charge in [0.2, 0.25) is 0 Å². The van der Waals surface area contributed by atoms with E-state index in [9.17, 15) is 13.2 Å². The molecule has 0 spiro atoms. The summed E-state index contributed by atoms with van der Waals surface area (Å²) in [5.41, 5.74) is 4.44. The number of aromatic amines is 1. The first kappa shape index (κ1) is 9.05. The van der Waals surface area contributed by atoms with Crippen LogP contribution in [-0.4, -0.2) is 9.97 Å². The topological polar surface area (TPSA) is 54.7 Å². The molecule has 1 aromatic rings. The lowest BCUT2D eigenvalue weighted by Crippen LogP contribution is -2.09. The van der Waals surface area contributed by atoms with E-state index in [1.165, 1.54) is 0 Å². The van der Waals surface area contributed by atoms with Gasteiger partial charge in [-0.15, -0.1) is 0 Å². The Hall–Kier alpha value is -1.04. The van der Waals surface area contributed by atoms with Gasteiger partial charge < -0.3 is 10.7 Å². The zero-order valence-electron chi connectivity index (χ0n) is 6.31. The van der Waals surface area contributed by atoms with E-state index in [1.807, 2.05) is 0 Å². The Morgan fingerprint density at radius 1 is 1.58 bits per heavy atom. The summed E-state index contributed by atoms with van der Waals surface area (Å²) in [6.45, 7) is 1.55. The normalized spacial score (nSPS) is 14.8. The maximum absolute atomic E-state index is 12.0. The Morgan fingerprint density at radius 3 is 2.42 bits per heavy atom. The first-order valence-corrected chi connectivity index (χ1v) is 3.29. The summed E-state index contributed by atoms with van der Waals surface area (Å²) < 4.78 is 35.9. The molecule has 0 saturated heterocycles. The lowest BCUT2D eigenvalue weighted by molar-refractivity contribution is -0.140. The summed E-state index contributed by atoms with van der Waals surface area (Å²) in [5.74, 6) is 0.141. The average molecular weight is 179 g/mol. The van der Waals surface area contributed by atoms with Crippen LogP contribution < -0.4 is 5.73 Å². The number of rotatable bonds is 1. The second-order valence-corrected chi connectivity index (χ2v) is 2.47. The van der Waals surface area contributed by atoms with Gasteiger partial charge in [0.25, 0.3) is 0 Å². The predicted molar refractivity (Wildman–Crippen MR) is 36.2 cm³/mol. The van der Waals surface area contributed by atoms with Crippen molar-refractivity contribution in [3.8, 4) is 0 Å². The first-order chi connectivity index (χ1) is 5.41. The highest BCUT2D eigenvalue weighted by molar-refractivity contribution is 5.06. The van der Waals surface area contributed by atoms with E-state index in [-0.39, 0.29) is 5.82 Å². The largest absolute Gasteiger partial charge is 0.432 e. The third-order valence-corrected chi connectivity index (χ3v) is 1.33. The fourth-order valence-electron chi connectivity index (χ4n) is 0.712. The smallest absolute Gasteiger partial charge is 0.337 e. The Labute approximate surface area is 66.8 Å². The summed E-state index contributed by atoms with van der Waals surface area (Å²) in [6, 6.07) is -0.513. The van der Waals surface area contributed by atoms with E-state index in [1.54, 1.807) is 6.92 Å². The number of nitrogens with one attached hydrogen (secondary N) is 1. The molecular formula is C6H8F3N3.